The zero-order valence-corrected chi connectivity index (χ0v) is 14.7. The fourth-order valence-electron chi connectivity index (χ4n) is 3.72. The van der Waals surface area contributed by atoms with Crippen LogP contribution in [0.4, 0.5) is 9.80 Å². The van der Waals surface area contributed by atoms with E-state index in [1.807, 2.05) is 0 Å². The van der Waals surface area contributed by atoms with Crippen molar-refractivity contribution in [2.75, 3.05) is 19.0 Å². The van der Waals surface area contributed by atoms with E-state index in [1.54, 1.807) is 19.2 Å². The van der Waals surface area contributed by atoms with Crippen molar-refractivity contribution in [1.29, 1.82) is 0 Å². The minimum absolute atomic E-state index is 0.204. The van der Waals surface area contributed by atoms with Gasteiger partial charge in [0.05, 0.1) is 24.7 Å². The molecule has 3 aliphatic carbocycles. The van der Waals surface area contributed by atoms with Crippen molar-refractivity contribution in [3.63, 3.8) is 0 Å². The lowest BCUT2D eigenvalue weighted by Gasteiger charge is -2.68. The molecule has 1 heterocycles. The van der Waals surface area contributed by atoms with Gasteiger partial charge >= 0.3 is 18.0 Å². The Kier molecular flexibility index (Phi) is 4.03. The predicted molar refractivity (Wildman–Crippen MR) is 88.2 cm³/mol. The van der Waals surface area contributed by atoms with Crippen LogP contribution in [0, 0.1) is 12.3 Å². The Hall–Kier alpha value is -2.09. The van der Waals surface area contributed by atoms with Crippen LogP contribution in [0.5, 0.6) is 0 Å². The summed E-state index contributed by atoms with van der Waals surface area (Å²) in [6.45, 7) is 3.81. The molecule has 0 aromatic carbocycles. The summed E-state index contributed by atoms with van der Waals surface area (Å²) in [4.78, 5) is 35.9. The largest absolute Gasteiger partial charge is 0.469 e. The zero-order chi connectivity index (χ0) is 17.5. The summed E-state index contributed by atoms with van der Waals surface area (Å²) >= 11 is 1.28. The normalized spacial score (nSPS) is 26.6. The van der Waals surface area contributed by atoms with Crippen molar-refractivity contribution in [2.24, 2.45) is 5.41 Å². The molecule has 0 radical (unpaired) electrons. The molecule has 0 spiro atoms. The van der Waals surface area contributed by atoms with Gasteiger partial charge in [-0.2, -0.15) is 0 Å². The monoisotopic (exact) mass is 352 g/mol. The maximum Gasteiger partial charge on any atom is 0.341 e. The maximum atomic E-state index is 12.2. The number of ether oxygens (including phenoxy) is 2. The first kappa shape index (κ1) is 16.8. The summed E-state index contributed by atoms with van der Waals surface area (Å²) in [7, 11) is 1.38. The number of esters is 2. The Morgan fingerprint density at radius 3 is 2.54 bits per heavy atom. The quantitative estimate of drug-likeness (QED) is 0.794. The van der Waals surface area contributed by atoms with Gasteiger partial charge in [-0.3, -0.25) is 10.1 Å². The minimum Gasteiger partial charge on any atom is -0.469 e. The number of nitrogens with one attached hydrogen (secondary N) is 2. The highest BCUT2D eigenvalue weighted by atomic mass is 32.1. The fraction of sp³-hybridized carbons (Fsp3) is 0.562. The van der Waals surface area contributed by atoms with Crippen molar-refractivity contribution < 1.29 is 23.9 Å². The molecule has 2 amide bonds. The van der Waals surface area contributed by atoms with E-state index in [0.717, 1.165) is 5.56 Å². The number of hydrogen-bond donors (Lipinski definition) is 2. The van der Waals surface area contributed by atoms with Crippen LogP contribution in [0.2, 0.25) is 0 Å². The first-order valence-corrected chi connectivity index (χ1v) is 8.65. The van der Waals surface area contributed by atoms with Crippen molar-refractivity contribution in [3.8, 4) is 0 Å². The number of methoxy groups -OCH3 is 1. The molecule has 0 unspecified atom stereocenters. The fourth-order valence-corrected chi connectivity index (χ4v) is 4.65. The smallest absolute Gasteiger partial charge is 0.341 e. The van der Waals surface area contributed by atoms with E-state index >= 15 is 0 Å². The summed E-state index contributed by atoms with van der Waals surface area (Å²) in [5.41, 5.74) is 0.427. The summed E-state index contributed by atoms with van der Waals surface area (Å²) in [5, 5.41) is 7.91. The molecule has 3 saturated carbocycles. The molecule has 7 nitrogen and oxygen atoms in total. The van der Waals surface area contributed by atoms with Crippen LogP contribution in [-0.4, -0.2) is 37.2 Å². The van der Waals surface area contributed by atoms with Gasteiger partial charge in [0.25, 0.3) is 0 Å². The van der Waals surface area contributed by atoms with Gasteiger partial charge in [0.2, 0.25) is 0 Å². The van der Waals surface area contributed by atoms with Crippen LogP contribution < -0.4 is 10.6 Å². The van der Waals surface area contributed by atoms with Crippen LogP contribution in [0.1, 0.15) is 42.1 Å². The third-order valence-corrected chi connectivity index (χ3v) is 5.72. The lowest BCUT2D eigenvalue weighted by atomic mass is 9.39. The lowest BCUT2D eigenvalue weighted by Crippen LogP contribution is -2.77. The molecule has 1 aromatic heterocycles. The van der Waals surface area contributed by atoms with E-state index in [1.165, 1.54) is 18.4 Å². The molecule has 3 aliphatic rings. The molecule has 2 bridgehead atoms. The van der Waals surface area contributed by atoms with Gasteiger partial charge in [-0.15, -0.1) is 11.3 Å². The zero-order valence-electron chi connectivity index (χ0n) is 13.9. The third-order valence-electron chi connectivity index (χ3n) is 4.71. The average molecular weight is 352 g/mol. The van der Waals surface area contributed by atoms with Crippen LogP contribution in [0.3, 0.4) is 0 Å². The number of carbonyl (C=O) groups is 3. The minimum atomic E-state index is -0.443. The third kappa shape index (κ3) is 2.54. The predicted octanol–water partition coefficient (Wildman–Crippen LogP) is 2.45. The van der Waals surface area contributed by atoms with E-state index in [4.69, 9.17) is 9.47 Å². The highest BCUT2D eigenvalue weighted by Gasteiger charge is 2.73. The van der Waals surface area contributed by atoms with Gasteiger partial charge in [-0.25, -0.2) is 9.59 Å². The number of carbonyl (C=O) groups excluding carboxylic acids is 3. The summed E-state index contributed by atoms with van der Waals surface area (Å²) in [6.07, 6.45) is 1.82. The Bertz CT molecular complexity index is 692. The van der Waals surface area contributed by atoms with E-state index in [2.05, 4.69) is 10.6 Å². The van der Waals surface area contributed by atoms with Crippen LogP contribution in [0.25, 0.3) is 0 Å². The molecule has 0 saturated heterocycles. The number of thiophene rings is 1. The molecule has 8 heteroatoms. The maximum absolute atomic E-state index is 12.2. The first-order chi connectivity index (χ1) is 11.3. The molecule has 24 heavy (non-hydrogen) atoms. The number of amides is 2. The molecule has 2 N–H and O–H groups in total. The van der Waals surface area contributed by atoms with Gasteiger partial charge in [0.1, 0.15) is 5.00 Å². The summed E-state index contributed by atoms with van der Waals surface area (Å²) < 4.78 is 9.82. The molecule has 4 rings (SSSR count). The SMILES string of the molecule is CCOC(=O)c1c(C)csc1NC(=O)NC12CC(C(=O)OC)(C1)C2. The van der Waals surface area contributed by atoms with Gasteiger partial charge < -0.3 is 14.8 Å². The number of anilines is 1. The van der Waals surface area contributed by atoms with Crippen LogP contribution in [-0.2, 0) is 14.3 Å². The summed E-state index contributed by atoms with van der Waals surface area (Å²) in [5.74, 6) is -0.647. The van der Waals surface area contributed by atoms with Crippen molar-refractivity contribution in [3.05, 3.63) is 16.5 Å². The Morgan fingerprint density at radius 2 is 1.96 bits per heavy atom. The molecule has 0 atom stereocenters. The van der Waals surface area contributed by atoms with Gasteiger partial charge in [0.15, 0.2) is 0 Å². The number of rotatable bonds is 5. The first-order valence-electron chi connectivity index (χ1n) is 7.77. The Labute approximate surface area is 143 Å². The second-order valence-corrected chi connectivity index (χ2v) is 7.38. The van der Waals surface area contributed by atoms with Gasteiger partial charge in [0, 0.05) is 5.54 Å². The molecule has 1 aromatic rings. The van der Waals surface area contributed by atoms with Crippen molar-refractivity contribution in [1.82, 2.24) is 5.32 Å². The average Bonchev–Trinajstić information content (AvgIpc) is 2.81. The van der Waals surface area contributed by atoms with E-state index in [9.17, 15) is 14.4 Å². The molecule has 0 aliphatic heterocycles. The van der Waals surface area contributed by atoms with Crippen molar-refractivity contribution in [2.45, 2.75) is 38.6 Å². The Morgan fingerprint density at radius 1 is 1.29 bits per heavy atom. The van der Waals surface area contributed by atoms with Gasteiger partial charge in [-0.1, -0.05) is 0 Å². The standard InChI is InChI=1S/C16H20N2O5S/c1-4-23-12(19)10-9(2)5-24-11(10)17-14(21)18-16-6-15(7-16,8-16)13(20)22-3/h5H,4,6-8H2,1-3H3,(H2,17,18,21). The second kappa shape index (κ2) is 5.77. The number of aryl methyl sites for hydroxylation is 1. The van der Waals surface area contributed by atoms with Crippen LogP contribution >= 0.6 is 11.3 Å². The topological polar surface area (TPSA) is 93.7 Å². The van der Waals surface area contributed by atoms with E-state index in [-0.39, 0.29) is 24.1 Å². The summed E-state index contributed by atoms with van der Waals surface area (Å²) in [6, 6.07) is -0.374. The van der Waals surface area contributed by atoms with E-state index < -0.39 is 11.4 Å². The molecular formula is C16H20N2O5S. The highest BCUT2D eigenvalue weighted by Crippen LogP contribution is 2.67. The molecule has 130 valence electrons. The Balaban J connectivity index is 1.60. The molecule has 3 fully saturated rings. The second-order valence-electron chi connectivity index (χ2n) is 6.51. The van der Waals surface area contributed by atoms with Gasteiger partial charge in [-0.05, 0) is 44.1 Å². The highest BCUT2D eigenvalue weighted by molar-refractivity contribution is 7.15. The van der Waals surface area contributed by atoms with E-state index in [0.29, 0.717) is 29.8 Å². The van der Waals surface area contributed by atoms with Crippen molar-refractivity contribution >= 4 is 34.3 Å². The van der Waals surface area contributed by atoms with Crippen LogP contribution in [0.15, 0.2) is 5.38 Å². The number of urea groups is 1. The number of hydrogen-bond acceptors (Lipinski definition) is 6. The lowest BCUT2D eigenvalue weighted by molar-refractivity contribution is -0.199. The molecular weight excluding hydrogens is 332 g/mol.